The van der Waals surface area contributed by atoms with E-state index in [1.54, 1.807) is 23.1 Å². The van der Waals surface area contributed by atoms with Crippen LogP contribution in [-0.2, 0) is 0 Å². The summed E-state index contributed by atoms with van der Waals surface area (Å²) < 4.78 is 32.1. The number of carbonyl (C=O) groups excluding carboxylic acids is 1. The zero-order valence-corrected chi connectivity index (χ0v) is 14.3. The molecule has 0 spiro atoms. The maximum atomic E-state index is 13.9. The Kier molecular flexibility index (Phi) is 4.62. The fourth-order valence-electron chi connectivity index (χ4n) is 3.18. The van der Waals surface area contributed by atoms with E-state index in [-0.39, 0.29) is 29.0 Å². The van der Waals surface area contributed by atoms with Gasteiger partial charge in [-0.25, -0.2) is 13.8 Å². The van der Waals surface area contributed by atoms with Gasteiger partial charge < -0.3 is 9.42 Å². The zero-order chi connectivity index (χ0) is 18.8. The van der Waals surface area contributed by atoms with E-state index >= 15 is 0 Å². The quantitative estimate of drug-likeness (QED) is 0.706. The van der Waals surface area contributed by atoms with E-state index < -0.39 is 11.6 Å². The lowest BCUT2D eigenvalue weighted by Gasteiger charge is -2.31. The minimum atomic E-state index is -0.490. The van der Waals surface area contributed by atoms with E-state index in [9.17, 15) is 13.6 Å². The summed E-state index contributed by atoms with van der Waals surface area (Å²) >= 11 is 0. The number of aromatic nitrogens is 3. The highest BCUT2D eigenvalue weighted by atomic mass is 19.1. The summed E-state index contributed by atoms with van der Waals surface area (Å²) in [5.74, 6) is -0.749. The molecule has 1 atom stereocenters. The monoisotopic (exact) mass is 370 g/mol. The van der Waals surface area contributed by atoms with Gasteiger partial charge >= 0.3 is 0 Å². The minimum absolute atomic E-state index is 0.117. The van der Waals surface area contributed by atoms with Gasteiger partial charge in [0.05, 0.1) is 11.8 Å². The average molecular weight is 370 g/mol. The number of benzene rings is 1. The third kappa shape index (κ3) is 3.55. The van der Waals surface area contributed by atoms with Crippen molar-refractivity contribution >= 4 is 5.91 Å². The van der Waals surface area contributed by atoms with E-state index in [1.807, 2.05) is 0 Å². The molecular weight excluding hydrogens is 354 g/mol. The van der Waals surface area contributed by atoms with Gasteiger partial charge in [-0.15, -0.1) is 0 Å². The number of rotatable bonds is 3. The average Bonchev–Trinajstić information content (AvgIpc) is 3.18. The van der Waals surface area contributed by atoms with Crippen LogP contribution in [0.4, 0.5) is 8.78 Å². The van der Waals surface area contributed by atoms with Crippen LogP contribution in [0.5, 0.6) is 0 Å². The first-order chi connectivity index (χ1) is 13.1. The number of carbonyl (C=O) groups is 1. The van der Waals surface area contributed by atoms with Crippen LogP contribution in [0.15, 0.2) is 47.1 Å². The number of piperidine rings is 1. The second kappa shape index (κ2) is 7.22. The molecule has 3 heterocycles. The molecule has 0 aliphatic carbocycles. The lowest BCUT2D eigenvalue weighted by Crippen LogP contribution is -2.39. The Hall–Kier alpha value is -3.16. The van der Waals surface area contributed by atoms with Crippen LogP contribution in [0, 0.1) is 11.6 Å². The molecule has 0 bridgehead atoms. The van der Waals surface area contributed by atoms with Crippen LogP contribution < -0.4 is 0 Å². The molecule has 1 aliphatic heterocycles. The van der Waals surface area contributed by atoms with Gasteiger partial charge in [0, 0.05) is 19.0 Å². The molecule has 1 unspecified atom stereocenters. The molecule has 0 radical (unpaired) electrons. The summed E-state index contributed by atoms with van der Waals surface area (Å²) in [6.07, 6.45) is 2.58. The number of halogens is 2. The molecule has 1 aromatic carbocycles. The maximum Gasteiger partial charge on any atom is 0.272 e. The van der Waals surface area contributed by atoms with Crippen LogP contribution in [0.25, 0.3) is 11.5 Å². The third-order valence-electron chi connectivity index (χ3n) is 4.57. The van der Waals surface area contributed by atoms with Crippen LogP contribution >= 0.6 is 0 Å². The van der Waals surface area contributed by atoms with E-state index in [4.69, 9.17) is 4.52 Å². The number of amides is 1. The van der Waals surface area contributed by atoms with Crippen molar-refractivity contribution < 1.29 is 18.1 Å². The number of nitrogens with zero attached hydrogens (tertiary/aromatic N) is 4. The van der Waals surface area contributed by atoms with Crippen molar-refractivity contribution in [3.8, 4) is 11.5 Å². The normalized spacial score (nSPS) is 17.1. The summed E-state index contributed by atoms with van der Waals surface area (Å²) in [5, 5.41) is 3.98. The molecule has 1 saturated heterocycles. The Labute approximate surface area is 153 Å². The van der Waals surface area contributed by atoms with Gasteiger partial charge in [0.15, 0.2) is 5.82 Å². The van der Waals surface area contributed by atoms with E-state index in [2.05, 4.69) is 15.1 Å². The molecule has 0 N–H and O–H groups in total. The molecule has 2 aromatic heterocycles. The Morgan fingerprint density at radius 1 is 1.19 bits per heavy atom. The molecule has 27 heavy (non-hydrogen) atoms. The largest absolute Gasteiger partial charge is 0.337 e. The zero-order valence-electron chi connectivity index (χ0n) is 14.3. The predicted octanol–water partition coefficient (Wildman–Crippen LogP) is 3.43. The van der Waals surface area contributed by atoms with Crippen LogP contribution in [0.3, 0.4) is 0 Å². The van der Waals surface area contributed by atoms with Crippen molar-refractivity contribution in [3.05, 3.63) is 65.7 Å². The lowest BCUT2D eigenvalue weighted by atomic mass is 9.97. The van der Waals surface area contributed by atoms with Gasteiger partial charge in [-0.3, -0.25) is 4.79 Å². The third-order valence-corrected chi connectivity index (χ3v) is 4.57. The van der Waals surface area contributed by atoms with Crippen molar-refractivity contribution in [3.63, 3.8) is 0 Å². The fourth-order valence-corrected chi connectivity index (χ4v) is 3.18. The lowest BCUT2D eigenvalue weighted by molar-refractivity contribution is 0.0697. The Morgan fingerprint density at radius 2 is 2.04 bits per heavy atom. The first-order valence-corrected chi connectivity index (χ1v) is 8.61. The van der Waals surface area contributed by atoms with Crippen molar-refractivity contribution in [2.45, 2.75) is 18.8 Å². The molecule has 6 nitrogen and oxygen atoms in total. The molecule has 138 valence electrons. The van der Waals surface area contributed by atoms with Gasteiger partial charge in [0.25, 0.3) is 11.8 Å². The van der Waals surface area contributed by atoms with E-state index in [0.717, 1.165) is 19.0 Å². The molecule has 3 aromatic rings. The summed E-state index contributed by atoms with van der Waals surface area (Å²) in [4.78, 5) is 22.4. The van der Waals surface area contributed by atoms with Gasteiger partial charge in [0.1, 0.15) is 17.3 Å². The summed E-state index contributed by atoms with van der Waals surface area (Å²) in [7, 11) is 0. The van der Waals surface area contributed by atoms with Crippen molar-refractivity contribution in [1.82, 2.24) is 20.0 Å². The second-order valence-corrected chi connectivity index (χ2v) is 6.39. The van der Waals surface area contributed by atoms with Crippen LogP contribution in [-0.4, -0.2) is 39.0 Å². The van der Waals surface area contributed by atoms with Gasteiger partial charge in [-0.05, 0) is 37.1 Å². The summed E-state index contributed by atoms with van der Waals surface area (Å²) in [6, 6.07) is 8.76. The topological polar surface area (TPSA) is 72.1 Å². The smallest absolute Gasteiger partial charge is 0.272 e. The number of hydrogen-bond donors (Lipinski definition) is 0. The first kappa shape index (κ1) is 17.3. The minimum Gasteiger partial charge on any atom is -0.337 e. The Bertz CT molecular complexity index is 958. The van der Waals surface area contributed by atoms with Crippen molar-refractivity contribution in [2.75, 3.05) is 13.1 Å². The molecule has 8 heteroatoms. The Morgan fingerprint density at radius 3 is 2.81 bits per heavy atom. The Balaban J connectivity index is 1.51. The predicted molar refractivity (Wildman–Crippen MR) is 91.8 cm³/mol. The molecule has 4 rings (SSSR count). The summed E-state index contributed by atoms with van der Waals surface area (Å²) in [5.41, 5.74) is 0.438. The SMILES string of the molecule is O=C(c1ccc(F)cn1)N1CCCC(c2noc(-c3ccccc3F)n2)C1. The number of pyridine rings is 1. The van der Waals surface area contributed by atoms with Crippen molar-refractivity contribution in [2.24, 2.45) is 0 Å². The summed E-state index contributed by atoms with van der Waals surface area (Å²) in [6.45, 7) is 0.973. The molecule has 0 saturated carbocycles. The molecule has 1 fully saturated rings. The standard InChI is InChI=1S/C19H16F2N4O2/c20-13-7-8-16(22-10-13)19(26)25-9-3-4-12(11-25)17-23-18(27-24-17)14-5-1-2-6-15(14)21/h1-2,5-8,10,12H,3-4,9,11H2. The number of likely N-dealkylation sites (tertiary alicyclic amines) is 1. The van der Waals surface area contributed by atoms with Crippen LogP contribution in [0.1, 0.15) is 35.1 Å². The van der Waals surface area contributed by atoms with E-state index in [0.29, 0.717) is 18.9 Å². The maximum absolute atomic E-state index is 13.9. The number of hydrogen-bond acceptors (Lipinski definition) is 5. The van der Waals surface area contributed by atoms with Crippen molar-refractivity contribution in [1.29, 1.82) is 0 Å². The highest BCUT2D eigenvalue weighted by molar-refractivity contribution is 5.92. The first-order valence-electron chi connectivity index (χ1n) is 8.61. The fraction of sp³-hybridized carbons (Fsp3) is 0.263. The van der Waals surface area contributed by atoms with Crippen LogP contribution in [0.2, 0.25) is 0 Å². The highest BCUT2D eigenvalue weighted by Gasteiger charge is 2.29. The molecule has 1 amide bonds. The molecular formula is C19H16F2N4O2. The van der Waals surface area contributed by atoms with Gasteiger partial charge in [-0.2, -0.15) is 4.98 Å². The molecule has 1 aliphatic rings. The second-order valence-electron chi connectivity index (χ2n) is 6.39. The highest BCUT2D eigenvalue weighted by Crippen LogP contribution is 2.28. The van der Waals surface area contributed by atoms with Gasteiger partial charge in [0.2, 0.25) is 0 Å². The van der Waals surface area contributed by atoms with Gasteiger partial charge in [-0.1, -0.05) is 17.3 Å². The van der Waals surface area contributed by atoms with E-state index in [1.165, 1.54) is 18.2 Å².